The van der Waals surface area contributed by atoms with Gasteiger partial charge in [0.2, 0.25) is 0 Å². The number of carboxylic acid groups (broad SMARTS) is 1. The van der Waals surface area contributed by atoms with Crippen molar-refractivity contribution in [2.75, 3.05) is 0 Å². The minimum atomic E-state index is -1.21. The first-order valence-electron chi connectivity index (χ1n) is 8.40. The highest BCUT2D eigenvalue weighted by molar-refractivity contribution is 5.87. The summed E-state index contributed by atoms with van der Waals surface area (Å²) in [7, 11) is 0. The molecule has 0 saturated heterocycles. The molecule has 142 valence electrons. The Hall–Kier alpha value is -3.35. The van der Waals surface area contributed by atoms with Gasteiger partial charge >= 0.3 is 12.1 Å². The number of carbonyl (C=O) groups is 3. The van der Waals surface area contributed by atoms with Gasteiger partial charge in [-0.25, -0.2) is 4.79 Å². The molecule has 0 aliphatic rings. The second-order valence-corrected chi connectivity index (χ2v) is 5.89. The number of amides is 1. The summed E-state index contributed by atoms with van der Waals surface area (Å²) in [6.45, 7) is 1.33. The van der Waals surface area contributed by atoms with Gasteiger partial charge in [-0.1, -0.05) is 60.7 Å². The lowest BCUT2D eigenvalue weighted by Gasteiger charge is -2.19. The quantitative estimate of drug-likeness (QED) is 0.692. The molecular formula is C20H21NO6. The zero-order valence-corrected chi connectivity index (χ0v) is 14.8. The van der Waals surface area contributed by atoms with Crippen LogP contribution in [0.15, 0.2) is 60.7 Å². The number of hydrogen-bond donors (Lipinski definition) is 2. The van der Waals surface area contributed by atoms with E-state index in [-0.39, 0.29) is 13.0 Å². The molecule has 0 spiro atoms. The standard InChI is InChI=1S/C20H21NO6/c1-14(19(23)24)21-18(22)17(12-15-8-4-2-5-9-15)27-20(25)26-13-16-10-6-3-7-11-16/h2-11,14,17H,12-13H2,1H3,(H,21,22)(H,23,24)/t14?,17-/m0/s1. The van der Waals surface area contributed by atoms with Crippen LogP contribution in [0.2, 0.25) is 0 Å². The summed E-state index contributed by atoms with van der Waals surface area (Å²) in [6, 6.07) is 16.9. The van der Waals surface area contributed by atoms with E-state index in [4.69, 9.17) is 14.6 Å². The monoisotopic (exact) mass is 371 g/mol. The number of hydrogen-bond acceptors (Lipinski definition) is 5. The van der Waals surface area contributed by atoms with Crippen molar-refractivity contribution in [3.8, 4) is 0 Å². The largest absolute Gasteiger partial charge is 0.509 e. The molecule has 2 rings (SSSR count). The number of nitrogens with one attached hydrogen (secondary N) is 1. The average Bonchev–Trinajstić information content (AvgIpc) is 2.67. The first-order valence-corrected chi connectivity index (χ1v) is 8.40. The summed E-state index contributed by atoms with van der Waals surface area (Å²) in [5, 5.41) is 11.3. The predicted molar refractivity (Wildman–Crippen MR) is 96.9 cm³/mol. The van der Waals surface area contributed by atoms with Crippen molar-refractivity contribution < 1.29 is 29.0 Å². The highest BCUT2D eigenvalue weighted by Crippen LogP contribution is 2.09. The molecule has 27 heavy (non-hydrogen) atoms. The van der Waals surface area contributed by atoms with Crippen molar-refractivity contribution in [2.24, 2.45) is 0 Å². The lowest BCUT2D eigenvalue weighted by Crippen LogP contribution is -2.46. The predicted octanol–water partition coefficient (Wildman–Crippen LogP) is 2.54. The fourth-order valence-electron chi connectivity index (χ4n) is 2.25. The zero-order valence-electron chi connectivity index (χ0n) is 14.8. The minimum absolute atomic E-state index is 0.00484. The maximum absolute atomic E-state index is 12.4. The van der Waals surface area contributed by atoms with E-state index >= 15 is 0 Å². The number of ether oxygens (including phenoxy) is 2. The van der Waals surface area contributed by atoms with E-state index in [9.17, 15) is 14.4 Å². The van der Waals surface area contributed by atoms with Gasteiger partial charge in [-0.2, -0.15) is 0 Å². The summed E-state index contributed by atoms with van der Waals surface area (Å²) in [5.41, 5.74) is 1.54. The zero-order chi connectivity index (χ0) is 19.6. The van der Waals surface area contributed by atoms with E-state index in [1.54, 1.807) is 36.4 Å². The highest BCUT2D eigenvalue weighted by Gasteiger charge is 2.27. The maximum Gasteiger partial charge on any atom is 0.509 e. The smallest absolute Gasteiger partial charge is 0.480 e. The van der Waals surface area contributed by atoms with Gasteiger partial charge in [0.05, 0.1) is 0 Å². The minimum Gasteiger partial charge on any atom is -0.480 e. The maximum atomic E-state index is 12.4. The molecule has 0 aliphatic carbocycles. The summed E-state index contributed by atoms with van der Waals surface area (Å²) < 4.78 is 10.2. The Labute approximate surface area is 156 Å². The van der Waals surface area contributed by atoms with Gasteiger partial charge in [0, 0.05) is 6.42 Å². The highest BCUT2D eigenvalue weighted by atomic mass is 16.7. The van der Waals surface area contributed by atoms with Gasteiger partial charge in [-0.15, -0.1) is 0 Å². The normalized spacial score (nSPS) is 12.5. The molecule has 0 bridgehead atoms. The summed E-state index contributed by atoms with van der Waals surface area (Å²) in [5.74, 6) is -1.89. The van der Waals surface area contributed by atoms with Crippen LogP contribution in [0.25, 0.3) is 0 Å². The molecule has 0 radical (unpaired) electrons. The van der Waals surface area contributed by atoms with Gasteiger partial charge in [-0.05, 0) is 18.1 Å². The Morgan fingerprint density at radius 3 is 2.07 bits per heavy atom. The first kappa shape index (κ1) is 20.0. The Kier molecular flexibility index (Phi) is 7.37. The fraction of sp³-hybridized carbons (Fsp3) is 0.250. The number of rotatable bonds is 8. The third-order valence-corrected chi connectivity index (χ3v) is 3.72. The molecule has 2 aromatic carbocycles. The van der Waals surface area contributed by atoms with Crippen molar-refractivity contribution in [3.63, 3.8) is 0 Å². The van der Waals surface area contributed by atoms with Gasteiger partial charge in [0.25, 0.3) is 5.91 Å². The molecule has 2 aromatic rings. The van der Waals surface area contributed by atoms with Crippen LogP contribution in [0.5, 0.6) is 0 Å². The van der Waals surface area contributed by atoms with Crippen LogP contribution < -0.4 is 5.32 Å². The molecule has 7 heteroatoms. The summed E-state index contributed by atoms with van der Waals surface area (Å²) in [4.78, 5) is 35.3. The summed E-state index contributed by atoms with van der Waals surface area (Å²) >= 11 is 0. The molecule has 0 heterocycles. The number of carboxylic acids is 1. The van der Waals surface area contributed by atoms with Crippen molar-refractivity contribution in [3.05, 3.63) is 71.8 Å². The third kappa shape index (κ3) is 6.81. The van der Waals surface area contributed by atoms with Crippen molar-refractivity contribution in [1.29, 1.82) is 0 Å². The van der Waals surface area contributed by atoms with Crippen LogP contribution in [0.3, 0.4) is 0 Å². The molecule has 2 N–H and O–H groups in total. The molecule has 0 saturated carbocycles. The summed E-state index contributed by atoms with van der Waals surface area (Å²) in [6.07, 6.45) is -2.12. The van der Waals surface area contributed by atoms with Gasteiger partial charge in [-0.3, -0.25) is 9.59 Å². The lowest BCUT2D eigenvalue weighted by atomic mass is 10.1. The van der Waals surface area contributed by atoms with Gasteiger partial charge in [0.15, 0.2) is 6.10 Å². The van der Waals surface area contributed by atoms with E-state index in [0.29, 0.717) is 0 Å². The van der Waals surface area contributed by atoms with Gasteiger partial charge in [0.1, 0.15) is 12.6 Å². The van der Waals surface area contributed by atoms with E-state index < -0.39 is 30.2 Å². The van der Waals surface area contributed by atoms with Crippen LogP contribution in [-0.2, 0) is 32.1 Å². The Morgan fingerprint density at radius 1 is 0.963 bits per heavy atom. The molecule has 2 atom stereocenters. The van der Waals surface area contributed by atoms with Crippen LogP contribution in [-0.4, -0.2) is 35.3 Å². The fourth-order valence-corrected chi connectivity index (χ4v) is 2.25. The van der Waals surface area contributed by atoms with Crippen molar-refractivity contribution in [1.82, 2.24) is 5.32 Å². The van der Waals surface area contributed by atoms with E-state index in [2.05, 4.69) is 5.32 Å². The lowest BCUT2D eigenvalue weighted by molar-refractivity contribution is -0.143. The van der Waals surface area contributed by atoms with E-state index in [1.165, 1.54) is 6.92 Å². The molecule has 0 aliphatic heterocycles. The molecule has 7 nitrogen and oxygen atoms in total. The average molecular weight is 371 g/mol. The Morgan fingerprint density at radius 2 is 1.52 bits per heavy atom. The Bertz CT molecular complexity index is 763. The van der Waals surface area contributed by atoms with Crippen LogP contribution in [0.4, 0.5) is 4.79 Å². The topological polar surface area (TPSA) is 102 Å². The number of benzene rings is 2. The second-order valence-electron chi connectivity index (χ2n) is 5.89. The molecule has 0 fully saturated rings. The second kappa shape index (κ2) is 9.96. The molecule has 0 aromatic heterocycles. The SMILES string of the molecule is CC(NC(=O)[C@H](Cc1ccccc1)OC(=O)OCc1ccccc1)C(=O)O. The first-order chi connectivity index (χ1) is 13.0. The molecule has 1 unspecified atom stereocenters. The molecule has 1 amide bonds. The van der Waals surface area contributed by atoms with Gasteiger partial charge < -0.3 is 19.9 Å². The van der Waals surface area contributed by atoms with Crippen molar-refractivity contribution >= 4 is 18.0 Å². The Balaban J connectivity index is 2.00. The van der Waals surface area contributed by atoms with Crippen molar-refractivity contribution in [2.45, 2.75) is 32.1 Å². The third-order valence-electron chi connectivity index (χ3n) is 3.72. The van der Waals surface area contributed by atoms with E-state index in [0.717, 1.165) is 11.1 Å². The van der Waals surface area contributed by atoms with Crippen LogP contribution in [0.1, 0.15) is 18.1 Å². The number of carbonyl (C=O) groups excluding carboxylic acids is 2. The van der Waals surface area contributed by atoms with E-state index in [1.807, 2.05) is 24.3 Å². The number of aliphatic carboxylic acids is 1. The molecular weight excluding hydrogens is 350 g/mol. The van der Waals surface area contributed by atoms with Crippen LogP contribution >= 0.6 is 0 Å². The van der Waals surface area contributed by atoms with Crippen LogP contribution in [0, 0.1) is 0 Å².